The molecular weight excluding hydrogens is 316 g/mol. The molecule has 26 heavy (non-hydrogen) atoms. The van der Waals surface area contributed by atoms with Gasteiger partial charge in [-0.15, -0.1) is 0 Å². The first-order valence-electron chi connectivity index (χ1n) is 9.04. The zero-order valence-corrected chi connectivity index (χ0v) is 15.1. The molecule has 1 aliphatic rings. The van der Waals surface area contributed by atoms with Crippen molar-refractivity contribution >= 4 is 0 Å². The van der Waals surface area contributed by atoms with Gasteiger partial charge in [0.2, 0.25) is 0 Å². The van der Waals surface area contributed by atoms with Gasteiger partial charge in [-0.3, -0.25) is 0 Å². The maximum atomic E-state index is 6.28. The first-order chi connectivity index (χ1) is 12.8. The fourth-order valence-electron chi connectivity index (χ4n) is 4.11. The highest BCUT2D eigenvalue weighted by Gasteiger charge is 2.46. The van der Waals surface area contributed by atoms with Crippen LogP contribution in [0.2, 0.25) is 0 Å². The molecule has 3 aromatic carbocycles. The Bertz CT molecular complexity index is 926. The van der Waals surface area contributed by atoms with E-state index in [1.54, 1.807) is 0 Å². The molecule has 0 bridgehead atoms. The van der Waals surface area contributed by atoms with Gasteiger partial charge in [-0.05, 0) is 37.1 Å². The van der Waals surface area contributed by atoms with Gasteiger partial charge >= 0.3 is 0 Å². The fraction of sp³-hybridized carbons (Fsp3) is 0.120. The second-order valence-electron chi connectivity index (χ2n) is 6.44. The van der Waals surface area contributed by atoms with Gasteiger partial charge in [0.1, 0.15) is 11.5 Å². The molecule has 0 aromatic heterocycles. The van der Waals surface area contributed by atoms with Crippen LogP contribution in [0.15, 0.2) is 108 Å². The molecule has 1 heterocycles. The van der Waals surface area contributed by atoms with E-state index in [1.807, 2.05) is 13.0 Å². The number of allylic oxidation sites excluding steroid dienone is 3. The van der Waals surface area contributed by atoms with E-state index < -0.39 is 5.41 Å². The molecule has 0 aliphatic carbocycles. The van der Waals surface area contributed by atoms with Crippen molar-refractivity contribution in [1.29, 1.82) is 0 Å². The number of hydrogen-bond acceptors (Lipinski definition) is 1. The highest BCUT2D eigenvalue weighted by atomic mass is 16.5. The number of rotatable bonds is 2. The van der Waals surface area contributed by atoms with Crippen LogP contribution in [0.3, 0.4) is 0 Å². The van der Waals surface area contributed by atoms with Gasteiger partial charge in [0.05, 0.1) is 5.41 Å². The molecule has 0 unspecified atom stereocenters. The van der Waals surface area contributed by atoms with Crippen molar-refractivity contribution in [3.8, 4) is 5.75 Å². The predicted molar refractivity (Wildman–Crippen MR) is 107 cm³/mol. The maximum absolute atomic E-state index is 6.28. The molecule has 0 saturated heterocycles. The molecule has 0 saturated carbocycles. The van der Waals surface area contributed by atoms with Crippen LogP contribution in [0.25, 0.3) is 0 Å². The first-order valence-corrected chi connectivity index (χ1v) is 9.04. The predicted octanol–water partition coefficient (Wildman–Crippen LogP) is 6.26. The van der Waals surface area contributed by atoms with Crippen LogP contribution < -0.4 is 4.74 Å². The Balaban J connectivity index is 2.19. The van der Waals surface area contributed by atoms with Crippen molar-refractivity contribution < 1.29 is 4.74 Å². The topological polar surface area (TPSA) is 9.23 Å². The van der Waals surface area contributed by atoms with Gasteiger partial charge in [-0.1, -0.05) is 84.9 Å². The average molecular weight is 338 g/mol. The van der Waals surface area contributed by atoms with Crippen LogP contribution in [0, 0.1) is 0 Å². The van der Waals surface area contributed by atoms with Crippen molar-refractivity contribution in [1.82, 2.24) is 0 Å². The quantitative estimate of drug-likeness (QED) is 0.535. The van der Waals surface area contributed by atoms with Gasteiger partial charge in [0.25, 0.3) is 0 Å². The molecule has 1 heteroatoms. The lowest BCUT2D eigenvalue weighted by Gasteiger charge is -2.43. The minimum Gasteiger partial charge on any atom is -0.457 e. The molecule has 0 fully saturated rings. The summed E-state index contributed by atoms with van der Waals surface area (Å²) >= 11 is 0. The highest BCUT2D eigenvalue weighted by Crippen LogP contribution is 2.53. The summed E-state index contributed by atoms with van der Waals surface area (Å²) < 4.78 is 6.28. The van der Waals surface area contributed by atoms with Crippen molar-refractivity contribution in [3.05, 3.63) is 125 Å². The lowest BCUT2D eigenvalue weighted by molar-refractivity contribution is 0.387. The molecule has 0 N–H and O–H groups in total. The van der Waals surface area contributed by atoms with Gasteiger partial charge in [-0.2, -0.15) is 0 Å². The lowest BCUT2D eigenvalue weighted by Crippen LogP contribution is -2.37. The Labute approximate surface area is 155 Å². The summed E-state index contributed by atoms with van der Waals surface area (Å²) in [5.41, 5.74) is 4.45. The van der Waals surface area contributed by atoms with E-state index in [1.165, 1.54) is 22.3 Å². The van der Waals surface area contributed by atoms with E-state index in [9.17, 15) is 0 Å². The third-order valence-corrected chi connectivity index (χ3v) is 5.14. The molecule has 1 aliphatic heterocycles. The van der Waals surface area contributed by atoms with Gasteiger partial charge in [-0.25, -0.2) is 0 Å². The third kappa shape index (κ3) is 2.32. The Morgan fingerprint density at radius 3 is 1.73 bits per heavy atom. The number of ether oxygens (including phenoxy) is 1. The Hall–Kier alpha value is -3.06. The Kier molecular flexibility index (Phi) is 4.22. The molecule has 0 radical (unpaired) electrons. The fourth-order valence-corrected chi connectivity index (χ4v) is 4.11. The zero-order chi connectivity index (χ0) is 18.0. The largest absolute Gasteiger partial charge is 0.457 e. The number of para-hydroxylation sites is 1. The monoisotopic (exact) mass is 338 g/mol. The summed E-state index contributed by atoms with van der Waals surface area (Å²) in [6, 6.07) is 29.8. The normalized spacial score (nSPS) is 18.4. The average Bonchev–Trinajstić information content (AvgIpc) is 2.73. The van der Waals surface area contributed by atoms with Crippen LogP contribution >= 0.6 is 0 Å². The number of hydrogen-bond donors (Lipinski definition) is 0. The number of fused-ring (bicyclic) bond motifs is 1. The summed E-state index contributed by atoms with van der Waals surface area (Å²) in [5, 5.41) is 0. The van der Waals surface area contributed by atoms with Crippen LogP contribution in [-0.2, 0) is 5.41 Å². The second kappa shape index (κ2) is 6.68. The third-order valence-electron chi connectivity index (χ3n) is 5.14. The lowest BCUT2D eigenvalue weighted by atomic mass is 9.63. The summed E-state index contributed by atoms with van der Waals surface area (Å²) in [6.45, 7) is 4.13. The van der Waals surface area contributed by atoms with Crippen LogP contribution in [0.1, 0.15) is 30.5 Å². The smallest absolute Gasteiger partial charge is 0.132 e. The van der Waals surface area contributed by atoms with Crippen molar-refractivity contribution in [2.45, 2.75) is 19.3 Å². The zero-order valence-electron chi connectivity index (χ0n) is 15.1. The van der Waals surface area contributed by atoms with E-state index in [2.05, 4.69) is 97.9 Å². The van der Waals surface area contributed by atoms with E-state index >= 15 is 0 Å². The van der Waals surface area contributed by atoms with E-state index in [0.29, 0.717) is 0 Å². The number of benzene rings is 3. The molecule has 1 nitrogen and oxygen atoms in total. The van der Waals surface area contributed by atoms with Crippen LogP contribution in [0.5, 0.6) is 5.75 Å². The van der Waals surface area contributed by atoms with E-state index in [4.69, 9.17) is 4.74 Å². The Morgan fingerprint density at radius 2 is 1.19 bits per heavy atom. The summed E-state index contributed by atoms with van der Waals surface area (Å²) in [6.07, 6.45) is 4.25. The molecule has 0 amide bonds. The first kappa shape index (κ1) is 16.4. The second-order valence-corrected chi connectivity index (χ2v) is 6.44. The minimum atomic E-state index is -0.395. The Morgan fingerprint density at radius 1 is 0.654 bits per heavy atom. The standard InChI is InChI=1S/C25H22O/c1-3-21-23(4-2)26-24-18-12-11-17-22(24)25(21,19-13-7-5-8-14-19)20-15-9-6-10-16-20/h3-18H,1-2H3/b21-3+,23-4+. The highest BCUT2D eigenvalue weighted by molar-refractivity contribution is 5.68. The van der Waals surface area contributed by atoms with Gasteiger partial charge in [0.15, 0.2) is 0 Å². The van der Waals surface area contributed by atoms with Crippen molar-refractivity contribution in [2.24, 2.45) is 0 Å². The van der Waals surface area contributed by atoms with Gasteiger partial charge in [0, 0.05) is 11.1 Å². The minimum absolute atomic E-state index is 0.395. The van der Waals surface area contributed by atoms with E-state index in [-0.39, 0.29) is 0 Å². The molecule has 0 atom stereocenters. The van der Waals surface area contributed by atoms with Crippen LogP contribution in [0.4, 0.5) is 0 Å². The van der Waals surface area contributed by atoms with Crippen molar-refractivity contribution in [3.63, 3.8) is 0 Å². The van der Waals surface area contributed by atoms with Crippen LogP contribution in [-0.4, -0.2) is 0 Å². The van der Waals surface area contributed by atoms with Crippen molar-refractivity contribution in [2.75, 3.05) is 0 Å². The molecule has 4 rings (SSSR count). The SMILES string of the molecule is C/C=C1\C(=C/C)Oc2ccccc2C1(c1ccccc1)c1ccccc1. The molecule has 0 spiro atoms. The molecule has 3 aromatic rings. The molecule has 128 valence electrons. The summed E-state index contributed by atoms with van der Waals surface area (Å²) in [5.74, 6) is 1.83. The van der Waals surface area contributed by atoms with Gasteiger partial charge < -0.3 is 4.74 Å². The summed E-state index contributed by atoms with van der Waals surface area (Å²) in [7, 11) is 0. The summed E-state index contributed by atoms with van der Waals surface area (Å²) in [4.78, 5) is 0. The van der Waals surface area contributed by atoms with E-state index in [0.717, 1.165) is 11.5 Å². The molecular formula is C25H22O. The maximum Gasteiger partial charge on any atom is 0.132 e.